The van der Waals surface area contributed by atoms with Crippen LogP contribution in [0.1, 0.15) is 34.8 Å². The summed E-state index contributed by atoms with van der Waals surface area (Å²) < 4.78 is 7.30. The smallest absolute Gasteiger partial charge is 0.254 e. The van der Waals surface area contributed by atoms with Crippen molar-refractivity contribution in [3.8, 4) is 11.4 Å². The number of amides is 1. The van der Waals surface area contributed by atoms with Crippen molar-refractivity contribution in [2.45, 2.75) is 18.9 Å². The van der Waals surface area contributed by atoms with Gasteiger partial charge in [-0.25, -0.2) is 0 Å². The summed E-state index contributed by atoms with van der Waals surface area (Å²) in [6.45, 7) is 0.759. The Labute approximate surface area is 152 Å². The summed E-state index contributed by atoms with van der Waals surface area (Å²) in [5.74, 6) is 0.883. The number of para-hydroxylation sites is 1. The largest absolute Gasteiger partial charge is 0.496 e. The minimum absolute atomic E-state index is 0.0497. The Morgan fingerprint density at radius 3 is 2.54 bits per heavy atom. The number of hydrogen-bond donors (Lipinski definition) is 0. The molecule has 0 saturated carbocycles. The topological polar surface area (TPSA) is 60.2 Å². The van der Waals surface area contributed by atoms with E-state index in [0.717, 1.165) is 36.4 Å². The third-order valence-electron chi connectivity index (χ3n) is 4.84. The molecule has 132 valence electrons. The zero-order valence-corrected chi connectivity index (χ0v) is 14.6. The lowest BCUT2D eigenvalue weighted by Gasteiger charge is -2.26. The molecule has 1 aromatic heterocycles. The molecule has 1 aliphatic heterocycles. The molecule has 6 nitrogen and oxygen atoms in total. The predicted molar refractivity (Wildman–Crippen MR) is 97.4 cm³/mol. The number of aromatic nitrogens is 3. The highest BCUT2D eigenvalue weighted by Crippen LogP contribution is 2.37. The minimum atomic E-state index is 0.0497. The molecule has 1 fully saturated rings. The monoisotopic (exact) mass is 348 g/mol. The Morgan fingerprint density at radius 1 is 1.08 bits per heavy atom. The first-order chi connectivity index (χ1) is 12.8. The second-order valence-corrected chi connectivity index (χ2v) is 6.31. The van der Waals surface area contributed by atoms with E-state index in [1.165, 1.54) is 0 Å². The number of carbonyl (C=O) groups excluding carboxylic acids is 1. The fourth-order valence-corrected chi connectivity index (χ4v) is 3.55. The zero-order valence-electron chi connectivity index (χ0n) is 14.6. The zero-order chi connectivity index (χ0) is 17.9. The predicted octanol–water partition coefficient (Wildman–Crippen LogP) is 3.25. The highest BCUT2D eigenvalue weighted by Gasteiger charge is 2.32. The Morgan fingerprint density at radius 2 is 1.81 bits per heavy atom. The van der Waals surface area contributed by atoms with Crippen molar-refractivity contribution in [2.75, 3.05) is 13.7 Å². The number of rotatable bonds is 4. The first-order valence-corrected chi connectivity index (χ1v) is 8.67. The van der Waals surface area contributed by atoms with E-state index in [0.29, 0.717) is 5.56 Å². The molecule has 0 bridgehead atoms. The van der Waals surface area contributed by atoms with E-state index >= 15 is 0 Å². The van der Waals surface area contributed by atoms with E-state index in [9.17, 15) is 4.79 Å². The average molecular weight is 348 g/mol. The minimum Gasteiger partial charge on any atom is -0.496 e. The normalized spacial score (nSPS) is 16.7. The molecule has 1 unspecified atom stereocenters. The van der Waals surface area contributed by atoms with Gasteiger partial charge in [-0.1, -0.05) is 18.2 Å². The molecule has 0 spiro atoms. The average Bonchev–Trinajstić information content (AvgIpc) is 3.39. The van der Waals surface area contributed by atoms with Gasteiger partial charge in [0, 0.05) is 23.4 Å². The number of benzene rings is 2. The molecule has 3 aromatic rings. The van der Waals surface area contributed by atoms with Crippen LogP contribution in [0.15, 0.2) is 61.2 Å². The standard InChI is InChI=1S/C20H20N4O2/c1-26-19-7-3-2-5-17(19)18-6-4-12-24(18)20(25)15-8-10-16(11-9-15)23-13-21-22-14-23/h2-3,5,7-11,13-14,18H,4,6,12H2,1H3. The SMILES string of the molecule is COc1ccccc1C1CCCN1C(=O)c1ccc(-n2cnnc2)cc1. The van der Waals surface area contributed by atoms with Gasteiger partial charge in [0.05, 0.1) is 13.2 Å². The van der Waals surface area contributed by atoms with Crippen LogP contribution >= 0.6 is 0 Å². The van der Waals surface area contributed by atoms with Crippen molar-refractivity contribution < 1.29 is 9.53 Å². The fourth-order valence-electron chi connectivity index (χ4n) is 3.55. The number of nitrogens with zero attached hydrogens (tertiary/aromatic N) is 4. The van der Waals surface area contributed by atoms with Crippen LogP contribution in [0.5, 0.6) is 5.75 Å². The van der Waals surface area contributed by atoms with Gasteiger partial charge in [0.2, 0.25) is 0 Å². The Kier molecular flexibility index (Phi) is 4.39. The second kappa shape index (κ2) is 7.00. The Hall–Kier alpha value is -3.15. The van der Waals surface area contributed by atoms with Crippen LogP contribution in [0.25, 0.3) is 5.69 Å². The summed E-state index contributed by atoms with van der Waals surface area (Å²) >= 11 is 0. The van der Waals surface area contributed by atoms with Crippen molar-refractivity contribution in [3.05, 3.63) is 72.3 Å². The van der Waals surface area contributed by atoms with Gasteiger partial charge in [0.1, 0.15) is 18.4 Å². The van der Waals surface area contributed by atoms with E-state index in [-0.39, 0.29) is 11.9 Å². The molecule has 1 saturated heterocycles. The van der Waals surface area contributed by atoms with Gasteiger partial charge in [-0.3, -0.25) is 9.36 Å². The highest BCUT2D eigenvalue weighted by molar-refractivity contribution is 5.95. The summed E-state index contributed by atoms with van der Waals surface area (Å²) in [6.07, 6.45) is 5.21. The summed E-state index contributed by atoms with van der Waals surface area (Å²) in [7, 11) is 1.67. The molecule has 6 heteroatoms. The second-order valence-electron chi connectivity index (χ2n) is 6.31. The molecule has 0 aliphatic carbocycles. The number of likely N-dealkylation sites (tertiary alicyclic amines) is 1. The van der Waals surface area contributed by atoms with Gasteiger partial charge in [-0.15, -0.1) is 10.2 Å². The first-order valence-electron chi connectivity index (χ1n) is 8.67. The fraction of sp³-hybridized carbons (Fsp3) is 0.250. The molecule has 4 rings (SSSR count). The lowest BCUT2D eigenvalue weighted by molar-refractivity contribution is 0.0734. The molecular weight excluding hydrogens is 328 g/mol. The first kappa shape index (κ1) is 16.3. The lowest BCUT2D eigenvalue weighted by Crippen LogP contribution is -2.30. The highest BCUT2D eigenvalue weighted by atomic mass is 16.5. The van der Waals surface area contributed by atoms with Gasteiger partial charge in [-0.2, -0.15) is 0 Å². The van der Waals surface area contributed by atoms with Crippen molar-refractivity contribution in [1.29, 1.82) is 0 Å². The molecule has 1 amide bonds. The maximum absolute atomic E-state index is 13.1. The summed E-state index contributed by atoms with van der Waals surface area (Å²) in [6, 6.07) is 15.5. The van der Waals surface area contributed by atoms with Crippen LogP contribution < -0.4 is 4.74 Å². The number of ether oxygens (including phenoxy) is 1. The van der Waals surface area contributed by atoms with E-state index in [4.69, 9.17) is 4.74 Å². The van der Waals surface area contributed by atoms with Crippen LogP contribution in [0.4, 0.5) is 0 Å². The number of hydrogen-bond acceptors (Lipinski definition) is 4. The number of carbonyl (C=O) groups is 1. The van der Waals surface area contributed by atoms with Crippen molar-refractivity contribution >= 4 is 5.91 Å². The summed E-state index contributed by atoms with van der Waals surface area (Å²) in [4.78, 5) is 15.0. The third kappa shape index (κ3) is 2.94. The maximum atomic E-state index is 13.1. The number of methoxy groups -OCH3 is 1. The molecule has 0 N–H and O–H groups in total. The van der Waals surface area contributed by atoms with Crippen molar-refractivity contribution in [1.82, 2.24) is 19.7 Å². The molecule has 26 heavy (non-hydrogen) atoms. The molecule has 1 aliphatic rings. The van der Waals surface area contributed by atoms with Crippen molar-refractivity contribution in [3.63, 3.8) is 0 Å². The Bertz CT molecular complexity index is 890. The quantitative estimate of drug-likeness (QED) is 0.726. The summed E-state index contributed by atoms with van der Waals surface area (Å²) in [5, 5.41) is 7.61. The van der Waals surface area contributed by atoms with Crippen LogP contribution in [0.3, 0.4) is 0 Å². The van der Waals surface area contributed by atoms with Gasteiger partial charge >= 0.3 is 0 Å². The van der Waals surface area contributed by atoms with E-state index in [1.54, 1.807) is 19.8 Å². The van der Waals surface area contributed by atoms with E-state index in [1.807, 2.05) is 58.0 Å². The third-order valence-corrected chi connectivity index (χ3v) is 4.84. The van der Waals surface area contributed by atoms with Crippen LogP contribution in [-0.4, -0.2) is 39.2 Å². The van der Waals surface area contributed by atoms with E-state index in [2.05, 4.69) is 10.2 Å². The lowest BCUT2D eigenvalue weighted by atomic mass is 10.0. The van der Waals surface area contributed by atoms with Gasteiger partial charge < -0.3 is 9.64 Å². The van der Waals surface area contributed by atoms with Crippen LogP contribution in [-0.2, 0) is 0 Å². The maximum Gasteiger partial charge on any atom is 0.254 e. The van der Waals surface area contributed by atoms with Crippen molar-refractivity contribution in [2.24, 2.45) is 0 Å². The van der Waals surface area contributed by atoms with E-state index < -0.39 is 0 Å². The molecule has 1 atom stereocenters. The molecular formula is C20H20N4O2. The molecule has 2 heterocycles. The van der Waals surface area contributed by atoms with Gasteiger partial charge in [-0.05, 0) is 43.2 Å². The van der Waals surface area contributed by atoms with Gasteiger partial charge in [0.25, 0.3) is 5.91 Å². The Balaban J connectivity index is 1.59. The van der Waals surface area contributed by atoms with Crippen LogP contribution in [0, 0.1) is 0 Å². The summed E-state index contributed by atoms with van der Waals surface area (Å²) in [5.41, 5.74) is 2.68. The van der Waals surface area contributed by atoms with Gasteiger partial charge in [0.15, 0.2) is 0 Å². The molecule has 0 radical (unpaired) electrons. The van der Waals surface area contributed by atoms with Crippen LogP contribution in [0.2, 0.25) is 0 Å². The molecule has 2 aromatic carbocycles.